The van der Waals surface area contributed by atoms with Gasteiger partial charge >= 0.3 is 0 Å². The number of sulfonamides is 1. The number of hydrogen-bond acceptors (Lipinski definition) is 4. The SMILES string of the molecule is CC[C@H](C)NC(=O)[C@@H](C)N(Cc1ccc(F)cc1)C(=O)CN(c1cccc(Cl)c1C)S(=O)(=O)c1ccc(C)cc1. The molecule has 40 heavy (non-hydrogen) atoms. The summed E-state index contributed by atoms with van der Waals surface area (Å²) in [6, 6.07) is 15.7. The van der Waals surface area contributed by atoms with Crippen LogP contribution in [0.25, 0.3) is 0 Å². The molecule has 0 aliphatic rings. The monoisotopic (exact) mass is 587 g/mol. The van der Waals surface area contributed by atoms with Crippen molar-refractivity contribution in [1.82, 2.24) is 10.2 Å². The van der Waals surface area contributed by atoms with Gasteiger partial charge in [-0.1, -0.05) is 54.4 Å². The number of nitrogens with zero attached hydrogens (tertiary/aromatic N) is 2. The Kier molecular flexibility index (Phi) is 10.3. The van der Waals surface area contributed by atoms with E-state index in [2.05, 4.69) is 5.32 Å². The van der Waals surface area contributed by atoms with Gasteiger partial charge in [-0.05, 0) is 81.6 Å². The molecule has 0 fully saturated rings. The van der Waals surface area contributed by atoms with Gasteiger partial charge in [-0.3, -0.25) is 13.9 Å². The molecule has 7 nitrogen and oxygen atoms in total. The second-order valence-corrected chi connectivity index (χ2v) is 12.1. The van der Waals surface area contributed by atoms with Crippen LogP contribution in [0.15, 0.2) is 71.6 Å². The molecular formula is C30H35ClFN3O4S. The van der Waals surface area contributed by atoms with Crippen molar-refractivity contribution in [3.8, 4) is 0 Å². The first-order valence-electron chi connectivity index (χ1n) is 13.0. The fraction of sp³-hybridized carbons (Fsp3) is 0.333. The lowest BCUT2D eigenvalue weighted by Gasteiger charge is -2.33. The van der Waals surface area contributed by atoms with Crippen molar-refractivity contribution in [2.24, 2.45) is 0 Å². The van der Waals surface area contributed by atoms with Crippen LogP contribution in [0.1, 0.15) is 43.9 Å². The van der Waals surface area contributed by atoms with E-state index >= 15 is 0 Å². The summed E-state index contributed by atoms with van der Waals surface area (Å²) in [5.41, 5.74) is 2.21. The van der Waals surface area contributed by atoms with Crippen molar-refractivity contribution in [3.05, 3.63) is 94.3 Å². The van der Waals surface area contributed by atoms with Crippen LogP contribution in [0, 0.1) is 19.7 Å². The number of aryl methyl sites for hydroxylation is 1. The lowest BCUT2D eigenvalue weighted by Crippen LogP contribution is -2.52. The van der Waals surface area contributed by atoms with Gasteiger partial charge in [0, 0.05) is 17.6 Å². The number of anilines is 1. The van der Waals surface area contributed by atoms with Crippen LogP contribution >= 0.6 is 11.6 Å². The van der Waals surface area contributed by atoms with Crippen molar-refractivity contribution in [3.63, 3.8) is 0 Å². The Morgan fingerprint density at radius 3 is 2.20 bits per heavy atom. The topological polar surface area (TPSA) is 86.8 Å². The van der Waals surface area contributed by atoms with Gasteiger partial charge in [0.15, 0.2) is 0 Å². The highest BCUT2D eigenvalue weighted by molar-refractivity contribution is 7.92. The molecule has 0 saturated heterocycles. The maximum atomic E-state index is 14.0. The maximum Gasteiger partial charge on any atom is 0.264 e. The fourth-order valence-electron chi connectivity index (χ4n) is 4.05. The van der Waals surface area contributed by atoms with E-state index in [0.29, 0.717) is 22.6 Å². The summed E-state index contributed by atoms with van der Waals surface area (Å²) in [5, 5.41) is 3.23. The third-order valence-electron chi connectivity index (χ3n) is 6.83. The number of hydrogen-bond donors (Lipinski definition) is 1. The summed E-state index contributed by atoms with van der Waals surface area (Å²) in [6.07, 6.45) is 0.695. The third kappa shape index (κ3) is 7.40. The van der Waals surface area contributed by atoms with Crippen molar-refractivity contribution < 1.29 is 22.4 Å². The maximum absolute atomic E-state index is 14.0. The van der Waals surface area contributed by atoms with Crippen molar-refractivity contribution >= 4 is 39.1 Å². The largest absolute Gasteiger partial charge is 0.352 e. The molecule has 10 heteroatoms. The molecule has 0 aliphatic carbocycles. The molecule has 3 aromatic carbocycles. The lowest BCUT2D eigenvalue weighted by atomic mass is 10.1. The van der Waals surface area contributed by atoms with Crippen LogP contribution in [-0.2, 0) is 26.2 Å². The lowest BCUT2D eigenvalue weighted by molar-refractivity contribution is -0.139. The van der Waals surface area contributed by atoms with Gasteiger partial charge in [0.05, 0.1) is 10.6 Å². The number of amides is 2. The van der Waals surface area contributed by atoms with Crippen LogP contribution in [0.5, 0.6) is 0 Å². The predicted octanol–water partition coefficient (Wildman–Crippen LogP) is 5.62. The van der Waals surface area contributed by atoms with Crippen LogP contribution in [0.2, 0.25) is 5.02 Å². The first-order chi connectivity index (χ1) is 18.8. The highest BCUT2D eigenvalue weighted by Gasteiger charge is 2.33. The molecular weight excluding hydrogens is 553 g/mol. The molecule has 3 aromatic rings. The van der Waals surface area contributed by atoms with Crippen molar-refractivity contribution in [2.75, 3.05) is 10.8 Å². The minimum absolute atomic E-state index is 0.0120. The molecule has 3 rings (SSSR count). The number of halogens is 2. The summed E-state index contributed by atoms with van der Waals surface area (Å²) in [4.78, 5) is 28.4. The van der Waals surface area contributed by atoms with E-state index in [-0.39, 0.29) is 29.1 Å². The average Bonchev–Trinajstić information content (AvgIpc) is 2.92. The van der Waals surface area contributed by atoms with Gasteiger partial charge in [0.1, 0.15) is 18.4 Å². The van der Waals surface area contributed by atoms with Gasteiger partial charge in [-0.25, -0.2) is 12.8 Å². The molecule has 214 valence electrons. The van der Waals surface area contributed by atoms with Gasteiger partial charge in [0.2, 0.25) is 11.8 Å². The minimum Gasteiger partial charge on any atom is -0.352 e. The molecule has 2 amide bonds. The normalized spacial score (nSPS) is 12.9. The zero-order chi connectivity index (χ0) is 29.6. The molecule has 0 aromatic heterocycles. The van der Waals surface area contributed by atoms with E-state index in [1.807, 2.05) is 20.8 Å². The predicted molar refractivity (Wildman–Crippen MR) is 156 cm³/mol. The Morgan fingerprint density at radius 2 is 1.60 bits per heavy atom. The number of carbonyl (C=O) groups excluding carboxylic acids is 2. The second-order valence-electron chi connectivity index (χ2n) is 9.85. The van der Waals surface area contributed by atoms with Crippen LogP contribution in [-0.4, -0.2) is 43.8 Å². The Morgan fingerprint density at radius 1 is 0.975 bits per heavy atom. The summed E-state index contributed by atoms with van der Waals surface area (Å²) >= 11 is 6.35. The zero-order valence-electron chi connectivity index (χ0n) is 23.3. The molecule has 0 unspecified atom stereocenters. The van der Waals surface area contributed by atoms with E-state index in [4.69, 9.17) is 11.6 Å². The van der Waals surface area contributed by atoms with E-state index in [0.717, 1.165) is 9.87 Å². The number of rotatable bonds is 11. The van der Waals surface area contributed by atoms with Crippen molar-refractivity contribution in [2.45, 2.75) is 64.6 Å². The summed E-state index contributed by atoms with van der Waals surface area (Å²) in [6.45, 7) is 8.28. The van der Waals surface area contributed by atoms with Crippen LogP contribution < -0.4 is 9.62 Å². The third-order valence-corrected chi connectivity index (χ3v) is 9.01. The molecule has 1 N–H and O–H groups in total. The summed E-state index contributed by atoms with van der Waals surface area (Å²) in [5.74, 6) is -1.42. The molecule has 0 heterocycles. The van der Waals surface area contributed by atoms with E-state index < -0.39 is 34.3 Å². The van der Waals surface area contributed by atoms with E-state index in [1.165, 1.54) is 41.3 Å². The van der Waals surface area contributed by atoms with Gasteiger partial charge in [-0.15, -0.1) is 0 Å². The van der Waals surface area contributed by atoms with Gasteiger partial charge < -0.3 is 10.2 Å². The van der Waals surface area contributed by atoms with Gasteiger partial charge in [-0.2, -0.15) is 0 Å². The number of carbonyl (C=O) groups is 2. The Balaban J connectivity index is 2.06. The minimum atomic E-state index is -4.21. The number of benzene rings is 3. The fourth-order valence-corrected chi connectivity index (χ4v) is 5.69. The molecule has 2 atom stereocenters. The molecule has 0 radical (unpaired) electrons. The average molecular weight is 588 g/mol. The van der Waals surface area contributed by atoms with Crippen LogP contribution in [0.4, 0.5) is 10.1 Å². The Bertz CT molecular complexity index is 1450. The summed E-state index contributed by atoms with van der Waals surface area (Å²) < 4.78 is 42.5. The second kappa shape index (κ2) is 13.3. The highest BCUT2D eigenvalue weighted by atomic mass is 35.5. The van der Waals surface area contributed by atoms with E-state index in [1.54, 1.807) is 44.2 Å². The first-order valence-corrected chi connectivity index (χ1v) is 14.9. The summed E-state index contributed by atoms with van der Waals surface area (Å²) in [7, 11) is -4.21. The molecule has 0 saturated carbocycles. The molecule has 0 bridgehead atoms. The standard InChI is InChI=1S/C30H35ClFN3O4S/c1-6-21(3)33-30(37)23(5)34(18-24-12-14-25(32)15-13-24)29(36)19-35(28-9-7-8-27(31)22(28)4)40(38,39)26-16-10-20(2)11-17-26/h7-17,21,23H,6,18-19H2,1-5H3,(H,33,37)/t21-,23+/m0/s1. The zero-order valence-corrected chi connectivity index (χ0v) is 24.9. The smallest absolute Gasteiger partial charge is 0.264 e. The van der Waals surface area contributed by atoms with Crippen LogP contribution in [0.3, 0.4) is 0 Å². The molecule has 0 aliphatic heterocycles. The van der Waals surface area contributed by atoms with Gasteiger partial charge in [0.25, 0.3) is 10.0 Å². The Hall–Kier alpha value is -3.43. The quantitative estimate of drug-likeness (QED) is 0.315. The Labute approximate surface area is 241 Å². The molecule has 0 spiro atoms. The van der Waals surface area contributed by atoms with Crippen molar-refractivity contribution in [1.29, 1.82) is 0 Å². The highest BCUT2D eigenvalue weighted by Crippen LogP contribution is 2.31. The first kappa shape index (κ1) is 31.1. The van der Waals surface area contributed by atoms with E-state index in [9.17, 15) is 22.4 Å². The number of nitrogens with one attached hydrogen (secondary N) is 1.